The number of fused-ring (bicyclic) bond motifs is 1. The summed E-state index contributed by atoms with van der Waals surface area (Å²) in [6, 6.07) is 13.1. The van der Waals surface area contributed by atoms with E-state index in [4.69, 9.17) is 9.59 Å². The van der Waals surface area contributed by atoms with Crippen LogP contribution in [0.5, 0.6) is 0 Å². The molecule has 2 aromatic rings. The van der Waals surface area contributed by atoms with E-state index >= 15 is 0 Å². The molecule has 4 nitrogen and oxygen atoms in total. The van der Waals surface area contributed by atoms with Crippen molar-refractivity contribution in [2.24, 2.45) is 0 Å². The van der Waals surface area contributed by atoms with Gasteiger partial charge in [0.15, 0.2) is 0 Å². The molecule has 0 atom stereocenters. The van der Waals surface area contributed by atoms with Gasteiger partial charge in [0, 0.05) is 14.1 Å². The van der Waals surface area contributed by atoms with Gasteiger partial charge in [0.25, 0.3) is 0 Å². The van der Waals surface area contributed by atoms with Gasteiger partial charge in [-0.05, 0) is 24.6 Å². The van der Waals surface area contributed by atoms with Crippen LogP contribution in [0.4, 0.5) is 0 Å². The molecule has 4 heteroatoms. The summed E-state index contributed by atoms with van der Waals surface area (Å²) < 4.78 is 0. The standard InChI is InChI=1S/C12H12.2C11H24.2C2H5NO/c1-9-3-5-12-8-10(2)4-6-11(12)7-9;2*1-3-5-7-9-11-10-8-6-4-2;2*1-3-2-4/h3-8H,1-2H3;2*3-11H2,1-2H3;2*2H,1H3,(H,3,4). The van der Waals surface area contributed by atoms with Gasteiger partial charge in [-0.15, -0.1) is 0 Å². The van der Waals surface area contributed by atoms with E-state index in [1.807, 2.05) is 0 Å². The van der Waals surface area contributed by atoms with Gasteiger partial charge in [0.2, 0.25) is 12.8 Å². The van der Waals surface area contributed by atoms with Gasteiger partial charge in [-0.1, -0.05) is 191 Å². The van der Waals surface area contributed by atoms with Gasteiger partial charge in [-0.25, -0.2) is 0 Å². The highest BCUT2D eigenvalue weighted by atomic mass is 16.1. The molecule has 0 fully saturated rings. The summed E-state index contributed by atoms with van der Waals surface area (Å²) in [5, 5.41) is 7.17. The molecule has 0 aliphatic carbocycles. The van der Waals surface area contributed by atoms with Gasteiger partial charge in [0.05, 0.1) is 0 Å². The fourth-order valence-corrected chi connectivity index (χ4v) is 4.25. The van der Waals surface area contributed by atoms with Crippen molar-refractivity contribution in [3.05, 3.63) is 47.5 Å². The molecule has 2 aromatic carbocycles. The smallest absolute Gasteiger partial charge is 0.206 e. The van der Waals surface area contributed by atoms with E-state index < -0.39 is 0 Å². The lowest BCUT2D eigenvalue weighted by Crippen LogP contribution is -1.98. The second-order valence-corrected chi connectivity index (χ2v) is 11.1. The summed E-state index contributed by atoms with van der Waals surface area (Å²) in [5.74, 6) is 0. The number of rotatable bonds is 18. The Morgan fingerprint density at radius 2 is 0.667 bits per heavy atom. The number of hydrogen-bond donors (Lipinski definition) is 2. The van der Waals surface area contributed by atoms with Crippen molar-refractivity contribution < 1.29 is 9.59 Å². The average Bonchev–Trinajstić information content (AvgIpc) is 3.01. The van der Waals surface area contributed by atoms with E-state index in [1.165, 1.54) is 137 Å². The first-order valence-electron chi connectivity index (χ1n) is 17.1. The van der Waals surface area contributed by atoms with Crippen LogP contribution >= 0.6 is 0 Å². The third-order valence-electron chi connectivity index (χ3n) is 6.80. The normalized spacial score (nSPS) is 9.43. The molecule has 42 heavy (non-hydrogen) atoms. The molecular formula is C38H70N2O2. The molecule has 0 saturated carbocycles. The highest BCUT2D eigenvalue weighted by molar-refractivity contribution is 5.83. The van der Waals surface area contributed by atoms with E-state index in [-0.39, 0.29) is 0 Å². The van der Waals surface area contributed by atoms with Gasteiger partial charge in [-0.2, -0.15) is 0 Å². The van der Waals surface area contributed by atoms with Crippen molar-refractivity contribution in [2.45, 2.75) is 157 Å². The molecule has 2 amide bonds. The Morgan fingerprint density at radius 3 is 0.857 bits per heavy atom. The number of hydrogen-bond acceptors (Lipinski definition) is 2. The quantitative estimate of drug-likeness (QED) is 0.135. The largest absolute Gasteiger partial charge is 0.362 e. The van der Waals surface area contributed by atoms with Crippen LogP contribution in [0.25, 0.3) is 10.8 Å². The summed E-state index contributed by atoms with van der Waals surface area (Å²) in [5.41, 5.74) is 2.65. The molecule has 2 N–H and O–H groups in total. The maximum atomic E-state index is 9.06. The molecule has 0 saturated heterocycles. The Labute approximate surface area is 262 Å². The van der Waals surface area contributed by atoms with Gasteiger partial charge in [-0.3, -0.25) is 9.59 Å². The fourth-order valence-electron chi connectivity index (χ4n) is 4.25. The van der Waals surface area contributed by atoms with Crippen LogP contribution in [0.3, 0.4) is 0 Å². The third-order valence-corrected chi connectivity index (χ3v) is 6.80. The molecule has 0 spiro atoms. The summed E-state index contributed by atoms with van der Waals surface area (Å²) >= 11 is 0. The second-order valence-electron chi connectivity index (χ2n) is 11.1. The highest BCUT2D eigenvalue weighted by Crippen LogP contribution is 2.17. The molecule has 0 bridgehead atoms. The number of carbonyl (C=O) groups is 2. The van der Waals surface area contributed by atoms with Crippen molar-refractivity contribution >= 4 is 23.6 Å². The minimum absolute atomic E-state index is 0.625. The summed E-state index contributed by atoms with van der Waals surface area (Å²) in [4.78, 5) is 18.1. The topological polar surface area (TPSA) is 58.2 Å². The lowest BCUT2D eigenvalue weighted by molar-refractivity contribution is -0.109. The first-order valence-corrected chi connectivity index (χ1v) is 17.1. The molecule has 0 unspecified atom stereocenters. The molecule has 0 aliphatic heterocycles. The zero-order valence-corrected chi connectivity index (χ0v) is 29.2. The Morgan fingerprint density at radius 1 is 0.452 bits per heavy atom. The molecular weight excluding hydrogens is 516 g/mol. The number of carbonyl (C=O) groups excluding carboxylic acids is 2. The van der Waals surface area contributed by atoms with Crippen molar-refractivity contribution in [1.82, 2.24) is 10.6 Å². The zero-order valence-electron chi connectivity index (χ0n) is 29.2. The van der Waals surface area contributed by atoms with Gasteiger partial charge < -0.3 is 10.6 Å². The van der Waals surface area contributed by atoms with Crippen LogP contribution in [0.2, 0.25) is 0 Å². The highest BCUT2D eigenvalue weighted by Gasteiger charge is 1.93. The summed E-state index contributed by atoms with van der Waals surface area (Å²) in [7, 11) is 3.12. The van der Waals surface area contributed by atoms with Crippen molar-refractivity contribution in [3.8, 4) is 0 Å². The van der Waals surface area contributed by atoms with Gasteiger partial charge in [0.1, 0.15) is 0 Å². The Hall–Kier alpha value is -2.36. The van der Waals surface area contributed by atoms with Crippen LogP contribution in [-0.4, -0.2) is 26.9 Å². The molecule has 0 radical (unpaired) electrons. The van der Waals surface area contributed by atoms with Crippen molar-refractivity contribution in [2.75, 3.05) is 14.1 Å². The maximum absolute atomic E-state index is 9.06. The summed E-state index contributed by atoms with van der Waals surface area (Å²) in [6.45, 7) is 13.3. The number of amides is 2. The monoisotopic (exact) mass is 587 g/mol. The summed E-state index contributed by atoms with van der Waals surface area (Å²) in [6.07, 6.45) is 27.2. The van der Waals surface area contributed by atoms with Crippen LogP contribution < -0.4 is 10.6 Å². The number of nitrogens with one attached hydrogen (secondary N) is 2. The third kappa shape index (κ3) is 35.7. The minimum atomic E-state index is 0.625. The van der Waals surface area contributed by atoms with Crippen LogP contribution in [0.1, 0.15) is 154 Å². The van der Waals surface area contributed by atoms with Crippen molar-refractivity contribution in [1.29, 1.82) is 0 Å². The molecule has 0 aromatic heterocycles. The fraction of sp³-hybridized carbons (Fsp3) is 0.684. The SMILES string of the molecule is CCCCCCCCCCC.CCCCCCCCCCC.CNC=O.CNC=O.Cc1ccc2cc(C)ccc2c1. The van der Waals surface area contributed by atoms with E-state index in [0.29, 0.717) is 12.8 Å². The number of aryl methyl sites for hydroxylation is 2. The van der Waals surface area contributed by atoms with Crippen LogP contribution in [0, 0.1) is 13.8 Å². The van der Waals surface area contributed by atoms with E-state index in [1.54, 1.807) is 14.1 Å². The first-order chi connectivity index (χ1) is 20.4. The maximum Gasteiger partial charge on any atom is 0.206 e. The van der Waals surface area contributed by atoms with Crippen molar-refractivity contribution in [3.63, 3.8) is 0 Å². The Balaban J connectivity index is -0.000000482. The first kappa shape index (κ1) is 44.1. The molecule has 244 valence electrons. The predicted molar refractivity (Wildman–Crippen MR) is 189 cm³/mol. The Bertz CT molecular complexity index is 724. The number of unbranched alkanes of at least 4 members (excludes halogenated alkanes) is 16. The molecule has 0 aliphatic rings. The Kier molecular flexibility index (Phi) is 40.6. The molecule has 2 rings (SSSR count). The van der Waals surface area contributed by atoms with E-state index in [0.717, 1.165) is 0 Å². The molecule has 0 heterocycles. The average molecular weight is 587 g/mol. The van der Waals surface area contributed by atoms with Gasteiger partial charge >= 0.3 is 0 Å². The van der Waals surface area contributed by atoms with E-state index in [2.05, 4.69) is 88.6 Å². The lowest BCUT2D eigenvalue weighted by atomic mass is 10.1. The zero-order chi connectivity index (χ0) is 32.1. The second kappa shape index (κ2) is 38.6. The minimum Gasteiger partial charge on any atom is -0.362 e. The van der Waals surface area contributed by atoms with E-state index in [9.17, 15) is 0 Å². The predicted octanol–water partition coefficient (Wildman–Crippen LogP) is 11.3. The lowest BCUT2D eigenvalue weighted by Gasteiger charge is -1.99. The van der Waals surface area contributed by atoms with Crippen LogP contribution in [-0.2, 0) is 9.59 Å². The number of benzene rings is 2. The van der Waals surface area contributed by atoms with Crippen LogP contribution in [0.15, 0.2) is 36.4 Å².